The zero-order valence-corrected chi connectivity index (χ0v) is 21.5. The van der Waals surface area contributed by atoms with Crippen molar-refractivity contribution in [3.05, 3.63) is 53.2 Å². The monoisotopic (exact) mass is 537 g/mol. The Hall–Kier alpha value is -2.03. The maximum Gasteiger partial charge on any atom is 0.191 e. The number of ether oxygens (including phenoxy) is 1. The summed E-state index contributed by atoms with van der Waals surface area (Å²) in [5, 5.41) is 6.91. The largest absolute Gasteiger partial charge is 0.496 e. The number of hydrogen-bond acceptors (Lipinski definition) is 4. The highest BCUT2D eigenvalue weighted by atomic mass is 127. The summed E-state index contributed by atoms with van der Waals surface area (Å²) in [6.07, 6.45) is 7.06. The molecule has 1 unspecified atom stereocenters. The lowest BCUT2D eigenvalue weighted by Crippen LogP contribution is -2.38. The maximum absolute atomic E-state index is 5.53. The number of guanidine groups is 1. The number of nitrogens with zero attached hydrogens (tertiary/aromatic N) is 3. The third kappa shape index (κ3) is 7.26. The number of anilines is 1. The number of aryl methyl sites for hydroxylation is 1. The second kappa shape index (κ2) is 12.7. The Balaban J connectivity index is 0.00000341. The van der Waals surface area contributed by atoms with Crippen molar-refractivity contribution in [3.63, 3.8) is 0 Å². The molecule has 1 aliphatic rings. The lowest BCUT2D eigenvalue weighted by Gasteiger charge is -2.22. The van der Waals surface area contributed by atoms with Gasteiger partial charge in [0.15, 0.2) is 5.96 Å². The fourth-order valence-corrected chi connectivity index (χ4v) is 3.90. The Morgan fingerprint density at radius 3 is 2.58 bits per heavy atom. The van der Waals surface area contributed by atoms with Crippen molar-refractivity contribution in [2.45, 2.75) is 52.1 Å². The van der Waals surface area contributed by atoms with Crippen LogP contribution in [0.5, 0.6) is 5.75 Å². The predicted molar refractivity (Wildman–Crippen MR) is 140 cm³/mol. The first-order valence-corrected chi connectivity index (χ1v) is 10.9. The Bertz CT molecular complexity index is 850. The molecule has 0 radical (unpaired) electrons. The first-order chi connectivity index (χ1) is 14.6. The van der Waals surface area contributed by atoms with E-state index in [9.17, 15) is 0 Å². The van der Waals surface area contributed by atoms with Crippen LogP contribution in [-0.4, -0.2) is 38.2 Å². The highest BCUT2D eigenvalue weighted by molar-refractivity contribution is 14.0. The molecule has 1 aromatic heterocycles. The van der Waals surface area contributed by atoms with E-state index in [2.05, 4.69) is 63.6 Å². The molecule has 0 aliphatic carbocycles. The molecule has 2 aromatic rings. The fraction of sp³-hybridized carbons (Fsp3) is 0.500. The van der Waals surface area contributed by atoms with Crippen molar-refractivity contribution < 1.29 is 4.74 Å². The molecule has 1 atom stereocenters. The molecule has 7 heteroatoms. The van der Waals surface area contributed by atoms with Crippen LogP contribution in [0.4, 0.5) is 5.82 Å². The maximum atomic E-state index is 5.53. The number of methoxy groups -OCH3 is 1. The smallest absolute Gasteiger partial charge is 0.191 e. The molecule has 1 aromatic carbocycles. The summed E-state index contributed by atoms with van der Waals surface area (Å²) in [5.41, 5.74) is 3.53. The van der Waals surface area contributed by atoms with Crippen LogP contribution in [0.3, 0.4) is 0 Å². The number of nitrogens with one attached hydrogen (secondary N) is 2. The molecule has 2 heterocycles. The Kier molecular flexibility index (Phi) is 10.4. The predicted octanol–water partition coefficient (Wildman–Crippen LogP) is 4.82. The molecule has 1 saturated heterocycles. The van der Waals surface area contributed by atoms with E-state index >= 15 is 0 Å². The minimum atomic E-state index is 0. The average molecular weight is 537 g/mol. The van der Waals surface area contributed by atoms with E-state index < -0.39 is 0 Å². The number of benzene rings is 1. The van der Waals surface area contributed by atoms with Gasteiger partial charge in [-0.3, -0.25) is 4.99 Å². The van der Waals surface area contributed by atoms with Crippen LogP contribution in [0.1, 0.15) is 55.3 Å². The van der Waals surface area contributed by atoms with Gasteiger partial charge >= 0.3 is 0 Å². The SMILES string of the molecule is CN=C(NCc1ccnc(N2CCCCCC2)c1)NC(C)c1cc(C)ccc1OC.I. The molecule has 6 nitrogen and oxygen atoms in total. The molecular weight excluding hydrogens is 501 g/mol. The Morgan fingerprint density at radius 2 is 1.90 bits per heavy atom. The summed E-state index contributed by atoms with van der Waals surface area (Å²) in [4.78, 5) is 11.4. The van der Waals surface area contributed by atoms with Crippen LogP contribution in [0, 0.1) is 6.92 Å². The molecule has 2 N–H and O–H groups in total. The van der Waals surface area contributed by atoms with E-state index in [0.29, 0.717) is 6.54 Å². The fourth-order valence-electron chi connectivity index (χ4n) is 3.90. The second-order valence-electron chi connectivity index (χ2n) is 7.96. The number of hydrogen-bond donors (Lipinski definition) is 2. The standard InChI is InChI=1S/C24H35N5O.HI/c1-18-9-10-22(30-4)21(15-18)19(2)28-24(25-3)27-17-20-11-12-26-23(16-20)29-13-7-5-6-8-14-29;/h9-12,15-16,19H,5-8,13-14,17H2,1-4H3,(H2,25,27,28);1H. The summed E-state index contributed by atoms with van der Waals surface area (Å²) in [7, 11) is 3.50. The molecule has 0 spiro atoms. The van der Waals surface area contributed by atoms with Crippen LogP contribution in [0.25, 0.3) is 0 Å². The van der Waals surface area contributed by atoms with Crippen molar-refractivity contribution in [2.75, 3.05) is 32.1 Å². The summed E-state index contributed by atoms with van der Waals surface area (Å²) in [6.45, 7) is 7.11. The van der Waals surface area contributed by atoms with Gasteiger partial charge in [0.25, 0.3) is 0 Å². The van der Waals surface area contributed by atoms with E-state index in [4.69, 9.17) is 4.74 Å². The van der Waals surface area contributed by atoms with Gasteiger partial charge in [-0.25, -0.2) is 4.98 Å². The van der Waals surface area contributed by atoms with Crippen LogP contribution in [0.2, 0.25) is 0 Å². The van der Waals surface area contributed by atoms with E-state index in [1.54, 1.807) is 14.2 Å². The summed E-state index contributed by atoms with van der Waals surface area (Å²) in [5.74, 6) is 2.73. The second-order valence-corrected chi connectivity index (χ2v) is 7.96. The van der Waals surface area contributed by atoms with Gasteiger partial charge in [-0.2, -0.15) is 0 Å². The minimum absolute atomic E-state index is 0. The van der Waals surface area contributed by atoms with Crippen molar-refractivity contribution in [3.8, 4) is 5.75 Å². The van der Waals surface area contributed by atoms with Crippen LogP contribution >= 0.6 is 24.0 Å². The highest BCUT2D eigenvalue weighted by Gasteiger charge is 2.14. The van der Waals surface area contributed by atoms with Crippen molar-refractivity contribution in [1.29, 1.82) is 0 Å². The zero-order chi connectivity index (χ0) is 21.3. The van der Waals surface area contributed by atoms with Crippen LogP contribution in [0.15, 0.2) is 41.5 Å². The van der Waals surface area contributed by atoms with Crippen LogP contribution < -0.4 is 20.3 Å². The van der Waals surface area contributed by atoms with E-state index in [0.717, 1.165) is 36.2 Å². The van der Waals surface area contributed by atoms with E-state index in [1.165, 1.54) is 36.8 Å². The van der Waals surface area contributed by atoms with Gasteiger partial charge in [0, 0.05) is 38.4 Å². The lowest BCUT2D eigenvalue weighted by molar-refractivity contribution is 0.405. The summed E-state index contributed by atoms with van der Waals surface area (Å²) >= 11 is 0. The third-order valence-electron chi connectivity index (χ3n) is 5.63. The van der Waals surface area contributed by atoms with Gasteiger partial charge in [-0.05, 0) is 50.5 Å². The minimum Gasteiger partial charge on any atom is -0.496 e. The molecular formula is C24H36IN5O. The molecule has 1 aliphatic heterocycles. The lowest BCUT2D eigenvalue weighted by atomic mass is 10.0. The van der Waals surface area contributed by atoms with Crippen molar-refractivity contribution in [2.24, 2.45) is 4.99 Å². The number of aliphatic imine (C=N–C) groups is 1. The zero-order valence-electron chi connectivity index (χ0n) is 19.1. The van der Waals surface area contributed by atoms with E-state index in [-0.39, 0.29) is 30.0 Å². The van der Waals surface area contributed by atoms with Gasteiger partial charge in [0.1, 0.15) is 11.6 Å². The molecule has 3 rings (SSSR count). The number of aromatic nitrogens is 1. The average Bonchev–Trinajstić information content (AvgIpc) is 3.06. The molecule has 170 valence electrons. The normalized spacial score (nSPS) is 15.5. The Morgan fingerprint density at radius 1 is 1.16 bits per heavy atom. The highest BCUT2D eigenvalue weighted by Crippen LogP contribution is 2.26. The number of pyridine rings is 1. The first kappa shape index (κ1) is 25.2. The summed E-state index contributed by atoms with van der Waals surface area (Å²) in [6, 6.07) is 10.6. The van der Waals surface area contributed by atoms with Crippen molar-refractivity contribution >= 4 is 35.8 Å². The molecule has 0 saturated carbocycles. The van der Waals surface area contributed by atoms with Gasteiger partial charge in [-0.15, -0.1) is 24.0 Å². The van der Waals surface area contributed by atoms with E-state index in [1.807, 2.05) is 12.3 Å². The molecule has 1 fully saturated rings. The number of rotatable bonds is 6. The first-order valence-electron chi connectivity index (χ1n) is 10.9. The summed E-state index contributed by atoms with van der Waals surface area (Å²) < 4.78 is 5.53. The Labute approximate surface area is 203 Å². The van der Waals surface area contributed by atoms with Gasteiger partial charge in [0.2, 0.25) is 0 Å². The van der Waals surface area contributed by atoms with Gasteiger partial charge in [-0.1, -0.05) is 30.5 Å². The quantitative estimate of drug-likeness (QED) is 0.314. The third-order valence-corrected chi connectivity index (χ3v) is 5.63. The topological polar surface area (TPSA) is 61.8 Å². The number of halogens is 1. The molecule has 0 amide bonds. The van der Waals surface area contributed by atoms with Crippen LogP contribution in [-0.2, 0) is 6.54 Å². The van der Waals surface area contributed by atoms with Crippen molar-refractivity contribution in [1.82, 2.24) is 15.6 Å². The molecule has 0 bridgehead atoms. The molecule has 31 heavy (non-hydrogen) atoms. The van der Waals surface area contributed by atoms with Gasteiger partial charge in [0.05, 0.1) is 13.2 Å². The van der Waals surface area contributed by atoms with Gasteiger partial charge < -0.3 is 20.3 Å².